The van der Waals surface area contributed by atoms with Gasteiger partial charge in [-0.1, -0.05) is 12.1 Å². The molecule has 134 valence electrons. The van der Waals surface area contributed by atoms with Gasteiger partial charge in [-0.05, 0) is 54.6 Å². The summed E-state index contributed by atoms with van der Waals surface area (Å²) in [5.41, 5.74) is 1.76. The third-order valence-corrected chi connectivity index (χ3v) is 4.33. The van der Waals surface area contributed by atoms with Crippen LogP contribution in [0.15, 0.2) is 66.7 Å². The number of benzene rings is 3. The van der Waals surface area contributed by atoms with Crippen LogP contribution < -0.4 is 15.0 Å². The normalized spacial score (nSPS) is 12.5. The summed E-state index contributed by atoms with van der Waals surface area (Å²) in [7, 11) is 1.67. The molecule has 0 aliphatic carbocycles. The van der Waals surface area contributed by atoms with Gasteiger partial charge in [-0.3, -0.25) is 9.59 Å². The molecule has 0 radical (unpaired) electrons. The molecule has 27 heavy (non-hydrogen) atoms. The van der Waals surface area contributed by atoms with Crippen LogP contribution in [0.25, 0.3) is 0 Å². The van der Waals surface area contributed by atoms with Gasteiger partial charge in [0, 0.05) is 18.3 Å². The third kappa shape index (κ3) is 3.13. The van der Waals surface area contributed by atoms with Crippen LogP contribution in [-0.2, 0) is 0 Å². The molecule has 0 aromatic heterocycles. The molecule has 6 heteroatoms. The Balaban J connectivity index is 1.65. The Morgan fingerprint density at radius 2 is 1.74 bits per heavy atom. The third-order valence-electron chi connectivity index (χ3n) is 4.33. The van der Waals surface area contributed by atoms with Crippen molar-refractivity contribution < 1.29 is 18.7 Å². The zero-order valence-corrected chi connectivity index (χ0v) is 14.4. The highest BCUT2D eigenvalue weighted by molar-refractivity contribution is 6.11. The number of para-hydroxylation sites is 2. The first-order valence-electron chi connectivity index (χ1n) is 8.29. The van der Waals surface area contributed by atoms with E-state index in [0.29, 0.717) is 34.0 Å². The lowest BCUT2D eigenvalue weighted by Crippen LogP contribution is -2.25. The largest absolute Gasteiger partial charge is 0.454 e. The number of ether oxygens (including phenoxy) is 1. The number of nitrogens with zero attached hydrogens (tertiary/aromatic N) is 1. The van der Waals surface area contributed by atoms with E-state index < -0.39 is 11.7 Å². The molecule has 1 aliphatic heterocycles. The van der Waals surface area contributed by atoms with Crippen LogP contribution in [0.2, 0.25) is 0 Å². The SMILES string of the molecule is CN1C(=O)c2cc(NC(=O)c3ccc(F)cc3)ccc2Oc2ccccc21. The molecule has 3 aromatic carbocycles. The van der Waals surface area contributed by atoms with Gasteiger partial charge in [-0.25, -0.2) is 4.39 Å². The molecule has 0 saturated heterocycles. The molecule has 0 bridgehead atoms. The zero-order valence-electron chi connectivity index (χ0n) is 14.4. The Bertz CT molecular complexity index is 1050. The molecule has 1 aliphatic rings. The van der Waals surface area contributed by atoms with Crippen LogP contribution in [-0.4, -0.2) is 18.9 Å². The summed E-state index contributed by atoms with van der Waals surface area (Å²) < 4.78 is 18.9. The fourth-order valence-corrected chi connectivity index (χ4v) is 2.90. The minimum absolute atomic E-state index is 0.243. The fraction of sp³-hybridized carbons (Fsp3) is 0.0476. The van der Waals surface area contributed by atoms with Crippen molar-refractivity contribution in [2.45, 2.75) is 0 Å². The molecule has 3 aromatic rings. The molecule has 4 rings (SSSR count). The maximum atomic E-state index is 13.0. The van der Waals surface area contributed by atoms with Gasteiger partial charge in [0.05, 0.1) is 11.3 Å². The number of carbonyl (C=O) groups is 2. The fourth-order valence-electron chi connectivity index (χ4n) is 2.90. The second-order valence-corrected chi connectivity index (χ2v) is 6.11. The maximum Gasteiger partial charge on any atom is 0.261 e. The molecule has 0 unspecified atom stereocenters. The highest BCUT2D eigenvalue weighted by atomic mass is 19.1. The Morgan fingerprint density at radius 1 is 1.00 bits per heavy atom. The minimum atomic E-state index is -0.415. The van der Waals surface area contributed by atoms with Crippen LogP contribution >= 0.6 is 0 Å². The summed E-state index contributed by atoms with van der Waals surface area (Å²) in [4.78, 5) is 26.7. The summed E-state index contributed by atoms with van der Waals surface area (Å²) in [6, 6.07) is 17.3. The van der Waals surface area contributed by atoms with Crippen molar-refractivity contribution in [3.05, 3.63) is 83.7 Å². The summed E-state index contributed by atoms with van der Waals surface area (Å²) in [6.45, 7) is 0. The van der Waals surface area contributed by atoms with Crippen LogP contribution in [0.5, 0.6) is 11.5 Å². The predicted octanol–water partition coefficient (Wildman–Crippen LogP) is 4.46. The second-order valence-electron chi connectivity index (χ2n) is 6.11. The quantitative estimate of drug-likeness (QED) is 0.732. The summed E-state index contributed by atoms with van der Waals surface area (Å²) >= 11 is 0. The number of anilines is 2. The van der Waals surface area contributed by atoms with Gasteiger partial charge in [-0.2, -0.15) is 0 Å². The number of carbonyl (C=O) groups excluding carboxylic acids is 2. The van der Waals surface area contributed by atoms with Crippen molar-refractivity contribution in [1.82, 2.24) is 0 Å². The smallest absolute Gasteiger partial charge is 0.261 e. The van der Waals surface area contributed by atoms with Crippen molar-refractivity contribution >= 4 is 23.2 Å². The van der Waals surface area contributed by atoms with E-state index in [-0.39, 0.29) is 5.91 Å². The predicted molar refractivity (Wildman–Crippen MR) is 100 cm³/mol. The highest BCUT2D eigenvalue weighted by Crippen LogP contribution is 2.38. The van der Waals surface area contributed by atoms with E-state index in [9.17, 15) is 14.0 Å². The standard InChI is InChI=1S/C21H15FN2O3/c1-24-17-4-2-3-5-19(17)27-18-11-10-15(12-16(18)21(24)26)23-20(25)13-6-8-14(22)9-7-13/h2-12H,1H3,(H,23,25). The number of rotatable bonds is 2. The van der Waals surface area contributed by atoms with E-state index in [0.717, 1.165) is 0 Å². The molecule has 2 amide bonds. The topological polar surface area (TPSA) is 58.6 Å². The molecule has 1 N–H and O–H groups in total. The molecular formula is C21H15FN2O3. The van der Waals surface area contributed by atoms with Gasteiger partial charge in [0.15, 0.2) is 5.75 Å². The van der Waals surface area contributed by atoms with Crippen molar-refractivity contribution in [2.24, 2.45) is 0 Å². The van der Waals surface area contributed by atoms with E-state index in [1.165, 1.54) is 29.2 Å². The van der Waals surface area contributed by atoms with Crippen molar-refractivity contribution in [3.8, 4) is 11.5 Å². The molecular weight excluding hydrogens is 347 g/mol. The molecule has 5 nitrogen and oxygen atoms in total. The van der Waals surface area contributed by atoms with E-state index in [1.54, 1.807) is 37.4 Å². The number of fused-ring (bicyclic) bond motifs is 2. The summed E-state index contributed by atoms with van der Waals surface area (Å²) in [6.07, 6.45) is 0. The van der Waals surface area contributed by atoms with Gasteiger partial charge in [-0.15, -0.1) is 0 Å². The number of nitrogens with one attached hydrogen (secondary N) is 1. The number of amides is 2. The summed E-state index contributed by atoms with van der Waals surface area (Å²) in [5.74, 6) is -0.0601. The lowest BCUT2D eigenvalue weighted by Gasteiger charge is -2.16. The lowest BCUT2D eigenvalue weighted by atomic mass is 10.1. The van der Waals surface area contributed by atoms with E-state index in [2.05, 4.69) is 5.32 Å². The van der Waals surface area contributed by atoms with Gasteiger partial charge >= 0.3 is 0 Å². The van der Waals surface area contributed by atoms with Gasteiger partial charge in [0.25, 0.3) is 11.8 Å². The minimum Gasteiger partial charge on any atom is -0.454 e. The lowest BCUT2D eigenvalue weighted by molar-refractivity contribution is 0.0990. The maximum absolute atomic E-state index is 13.0. The first kappa shape index (κ1) is 16.8. The van der Waals surface area contributed by atoms with Crippen molar-refractivity contribution in [3.63, 3.8) is 0 Å². The Kier molecular flexibility index (Phi) is 4.08. The Hall–Kier alpha value is -3.67. The molecule has 0 atom stereocenters. The number of hydrogen-bond donors (Lipinski definition) is 1. The van der Waals surface area contributed by atoms with Crippen LogP contribution in [0.1, 0.15) is 20.7 Å². The van der Waals surface area contributed by atoms with E-state index in [1.807, 2.05) is 12.1 Å². The second kappa shape index (κ2) is 6.57. The molecule has 1 heterocycles. The number of hydrogen-bond acceptors (Lipinski definition) is 3. The number of halogens is 1. The Morgan fingerprint density at radius 3 is 2.52 bits per heavy atom. The molecule has 0 saturated carbocycles. The summed E-state index contributed by atoms with van der Waals surface area (Å²) in [5, 5.41) is 2.72. The Labute approximate surface area is 155 Å². The first-order chi connectivity index (χ1) is 13.0. The van der Waals surface area contributed by atoms with E-state index >= 15 is 0 Å². The van der Waals surface area contributed by atoms with Gasteiger partial charge in [0.2, 0.25) is 0 Å². The van der Waals surface area contributed by atoms with Crippen LogP contribution in [0.4, 0.5) is 15.8 Å². The monoisotopic (exact) mass is 362 g/mol. The molecule has 0 fully saturated rings. The van der Waals surface area contributed by atoms with Gasteiger partial charge in [0.1, 0.15) is 11.6 Å². The van der Waals surface area contributed by atoms with Crippen molar-refractivity contribution in [2.75, 3.05) is 17.3 Å². The average Bonchev–Trinajstić information content (AvgIpc) is 2.78. The highest BCUT2D eigenvalue weighted by Gasteiger charge is 2.25. The zero-order chi connectivity index (χ0) is 19.0. The van der Waals surface area contributed by atoms with Gasteiger partial charge < -0.3 is 15.0 Å². The average molecular weight is 362 g/mol. The van der Waals surface area contributed by atoms with Crippen molar-refractivity contribution in [1.29, 1.82) is 0 Å². The van der Waals surface area contributed by atoms with Crippen LogP contribution in [0.3, 0.4) is 0 Å². The first-order valence-corrected chi connectivity index (χ1v) is 8.29. The van der Waals surface area contributed by atoms with E-state index in [4.69, 9.17) is 4.74 Å². The van der Waals surface area contributed by atoms with Crippen LogP contribution in [0, 0.1) is 5.82 Å². The molecule has 0 spiro atoms.